The Kier molecular flexibility index (Phi) is 4.84. The third-order valence-corrected chi connectivity index (χ3v) is 1.37. The fourth-order valence-electron chi connectivity index (χ4n) is 0.865. The molecule has 0 saturated carbocycles. The van der Waals surface area contributed by atoms with Gasteiger partial charge in [0.05, 0.1) is 12.2 Å². The second-order valence-electron chi connectivity index (χ2n) is 2.13. The van der Waals surface area contributed by atoms with Gasteiger partial charge in [-0.2, -0.15) is 0 Å². The quantitative estimate of drug-likeness (QED) is 0.389. The van der Waals surface area contributed by atoms with E-state index >= 15 is 0 Å². The van der Waals surface area contributed by atoms with Crippen molar-refractivity contribution in [2.24, 2.45) is 0 Å². The maximum absolute atomic E-state index is 10.6. The van der Waals surface area contributed by atoms with Gasteiger partial charge in [0.15, 0.2) is 0 Å². The highest BCUT2D eigenvalue weighted by atomic mass is 16.5. The van der Waals surface area contributed by atoms with Crippen LogP contribution < -0.4 is 0 Å². The van der Waals surface area contributed by atoms with E-state index in [0.717, 1.165) is 0 Å². The number of carboxylic acid groups (broad SMARTS) is 1. The van der Waals surface area contributed by atoms with E-state index in [1.807, 2.05) is 13.8 Å². The second kappa shape index (κ2) is 5.41. The molecule has 0 aromatic heterocycles. The Morgan fingerprint density at radius 1 is 1.58 bits per heavy atom. The summed E-state index contributed by atoms with van der Waals surface area (Å²) in [5.74, 6) is -0.504. The van der Waals surface area contributed by atoms with Crippen molar-refractivity contribution in [2.45, 2.75) is 20.3 Å². The second-order valence-corrected chi connectivity index (χ2v) is 2.13. The first-order valence-corrected chi connectivity index (χ1v) is 3.89. The van der Waals surface area contributed by atoms with Crippen molar-refractivity contribution in [3.05, 3.63) is 24.0 Å². The molecule has 0 aliphatic rings. The Labute approximate surface area is 72.3 Å². The van der Waals surface area contributed by atoms with Crippen LogP contribution in [-0.4, -0.2) is 17.7 Å². The summed E-state index contributed by atoms with van der Waals surface area (Å²) in [6.07, 6.45) is 1.87. The van der Waals surface area contributed by atoms with E-state index in [4.69, 9.17) is 9.84 Å². The van der Waals surface area contributed by atoms with Gasteiger partial charge in [-0.1, -0.05) is 19.6 Å². The Bertz CT molecular complexity index is 204. The lowest BCUT2D eigenvalue weighted by Crippen LogP contribution is -2.04. The van der Waals surface area contributed by atoms with Crippen LogP contribution in [0.25, 0.3) is 0 Å². The number of rotatable bonds is 5. The molecule has 0 fully saturated rings. The standard InChI is InChI=1S/C9H14O3/c1-4-7(9(10)11)8(5-2)12-6-3/h4H,1,5-6H2,2-3H3,(H,10,11)/b8-7-. The molecule has 0 aromatic carbocycles. The van der Waals surface area contributed by atoms with E-state index in [9.17, 15) is 4.79 Å². The lowest BCUT2D eigenvalue weighted by molar-refractivity contribution is -0.132. The topological polar surface area (TPSA) is 46.5 Å². The zero-order valence-corrected chi connectivity index (χ0v) is 7.46. The van der Waals surface area contributed by atoms with Crippen molar-refractivity contribution >= 4 is 5.97 Å². The highest BCUT2D eigenvalue weighted by Crippen LogP contribution is 2.11. The van der Waals surface area contributed by atoms with Crippen molar-refractivity contribution in [3.8, 4) is 0 Å². The number of hydrogen-bond donors (Lipinski definition) is 1. The van der Waals surface area contributed by atoms with Gasteiger partial charge in [-0.05, 0) is 6.92 Å². The minimum atomic E-state index is -0.990. The van der Waals surface area contributed by atoms with Crippen molar-refractivity contribution in [1.29, 1.82) is 0 Å². The molecule has 0 amide bonds. The Morgan fingerprint density at radius 2 is 2.17 bits per heavy atom. The van der Waals surface area contributed by atoms with Crippen LogP contribution in [0.4, 0.5) is 0 Å². The third kappa shape index (κ3) is 2.78. The summed E-state index contributed by atoms with van der Waals surface area (Å²) < 4.78 is 5.13. The Morgan fingerprint density at radius 3 is 2.42 bits per heavy atom. The van der Waals surface area contributed by atoms with Crippen molar-refractivity contribution in [3.63, 3.8) is 0 Å². The average molecular weight is 170 g/mol. The van der Waals surface area contributed by atoms with Gasteiger partial charge >= 0.3 is 5.97 Å². The van der Waals surface area contributed by atoms with Gasteiger partial charge in [-0.15, -0.1) is 0 Å². The first kappa shape index (κ1) is 10.8. The molecular weight excluding hydrogens is 156 g/mol. The van der Waals surface area contributed by atoms with E-state index in [-0.39, 0.29) is 5.57 Å². The van der Waals surface area contributed by atoms with Crippen LogP contribution in [0.15, 0.2) is 24.0 Å². The van der Waals surface area contributed by atoms with E-state index in [1.54, 1.807) is 0 Å². The molecule has 3 nitrogen and oxygen atoms in total. The molecule has 0 aromatic rings. The fraction of sp³-hybridized carbons (Fsp3) is 0.444. The van der Waals surface area contributed by atoms with E-state index in [0.29, 0.717) is 18.8 Å². The summed E-state index contributed by atoms with van der Waals surface area (Å²) >= 11 is 0. The van der Waals surface area contributed by atoms with Gasteiger partial charge in [-0.3, -0.25) is 0 Å². The number of hydrogen-bond acceptors (Lipinski definition) is 2. The normalized spacial score (nSPS) is 11.8. The molecule has 0 heterocycles. The molecule has 0 unspecified atom stereocenters. The molecule has 0 atom stereocenters. The third-order valence-electron chi connectivity index (χ3n) is 1.37. The molecule has 12 heavy (non-hydrogen) atoms. The minimum absolute atomic E-state index is 0.152. The molecule has 0 spiro atoms. The molecule has 0 bridgehead atoms. The van der Waals surface area contributed by atoms with Crippen LogP contribution in [0.3, 0.4) is 0 Å². The molecule has 0 aliphatic heterocycles. The Balaban J connectivity index is 4.73. The van der Waals surface area contributed by atoms with Crippen LogP contribution in [0.2, 0.25) is 0 Å². The van der Waals surface area contributed by atoms with Crippen LogP contribution in [0.1, 0.15) is 20.3 Å². The van der Waals surface area contributed by atoms with E-state index in [2.05, 4.69) is 6.58 Å². The number of ether oxygens (including phenoxy) is 1. The zero-order chi connectivity index (χ0) is 9.56. The molecule has 0 aliphatic carbocycles. The lowest BCUT2D eigenvalue weighted by Gasteiger charge is -2.07. The maximum Gasteiger partial charge on any atom is 0.339 e. The Hall–Kier alpha value is -1.25. The van der Waals surface area contributed by atoms with Gasteiger partial charge in [0, 0.05) is 6.42 Å². The average Bonchev–Trinajstić information content (AvgIpc) is 2.03. The van der Waals surface area contributed by atoms with Gasteiger partial charge in [-0.25, -0.2) is 4.79 Å². The summed E-state index contributed by atoms with van der Waals surface area (Å²) in [6.45, 7) is 7.56. The molecule has 0 radical (unpaired) electrons. The smallest absolute Gasteiger partial charge is 0.339 e. The molecule has 3 heteroatoms. The summed E-state index contributed by atoms with van der Waals surface area (Å²) in [7, 11) is 0. The number of allylic oxidation sites excluding steroid dienone is 1. The van der Waals surface area contributed by atoms with Crippen LogP contribution in [0.5, 0.6) is 0 Å². The fourth-order valence-corrected chi connectivity index (χ4v) is 0.865. The molecule has 0 rings (SSSR count). The van der Waals surface area contributed by atoms with Gasteiger partial charge in [0.2, 0.25) is 0 Å². The molecule has 0 saturated heterocycles. The largest absolute Gasteiger partial charge is 0.497 e. The van der Waals surface area contributed by atoms with Crippen LogP contribution in [-0.2, 0) is 9.53 Å². The summed E-state index contributed by atoms with van der Waals surface area (Å²) in [5.41, 5.74) is 0.152. The van der Waals surface area contributed by atoms with Gasteiger partial charge in [0.25, 0.3) is 0 Å². The van der Waals surface area contributed by atoms with Crippen molar-refractivity contribution < 1.29 is 14.6 Å². The first-order chi connectivity index (χ1) is 5.67. The van der Waals surface area contributed by atoms with Crippen molar-refractivity contribution in [2.75, 3.05) is 6.61 Å². The van der Waals surface area contributed by atoms with Gasteiger partial charge < -0.3 is 9.84 Å². The van der Waals surface area contributed by atoms with Gasteiger partial charge in [0.1, 0.15) is 5.76 Å². The molecular formula is C9H14O3. The molecule has 1 N–H and O–H groups in total. The summed E-state index contributed by atoms with van der Waals surface area (Å²) in [5, 5.41) is 8.69. The van der Waals surface area contributed by atoms with Crippen LogP contribution >= 0.6 is 0 Å². The lowest BCUT2D eigenvalue weighted by atomic mass is 10.2. The number of aliphatic carboxylic acids is 1. The SMILES string of the molecule is C=C/C(C(=O)O)=C(\CC)OCC. The first-order valence-electron chi connectivity index (χ1n) is 3.89. The predicted octanol–water partition coefficient (Wildman–Crippen LogP) is 1.96. The highest BCUT2D eigenvalue weighted by molar-refractivity contribution is 5.90. The molecule has 68 valence electrons. The van der Waals surface area contributed by atoms with Crippen LogP contribution in [0, 0.1) is 0 Å². The highest BCUT2D eigenvalue weighted by Gasteiger charge is 2.09. The minimum Gasteiger partial charge on any atom is -0.497 e. The van der Waals surface area contributed by atoms with Crippen molar-refractivity contribution in [1.82, 2.24) is 0 Å². The number of carboxylic acids is 1. The summed E-state index contributed by atoms with van der Waals surface area (Å²) in [4.78, 5) is 10.6. The maximum atomic E-state index is 10.6. The predicted molar refractivity (Wildman–Crippen MR) is 46.8 cm³/mol. The van der Waals surface area contributed by atoms with E-state index < -0.39 is 5.97 Å². The van der Waals surface area contributed by atoms with E-state index in [1.165, 1.54) is 6.08 Å². The zero-order valence-electron chi connectivity index (χ0n) is 7.46. The summed E-state index contributed by atoms with van der Waals surface area (Å²) in [6, 6.07) is 0. The number of carbonyl (C=O) groups is 1. The monoisotopic (exact) mass is 170 g/mol.